The Bertz CT molecular complexity index is 1000. The highest BCUT2D eigenvalue weighted by Gasteiger charge is 2.22. The standard InChI is InChI=1S/C22H22N2/c1-15-5-9-19-17(13-15)7-11-21(23(19)3)22-12-8-18-14-16(2)6-10-20(18)24(22)4/h5-14H,1-4H3/q+2. The van der Waals surface area contributed by atoms with Crippen molar-refractivity contribution in [3.05, 3.63) is 71.8 Å². The Morgan fingerprint density at radius 1 is 0.542 bits per heavy atom. The van der Waals surface area contributed by atoms with Crippen LogP contribution >= 0.6 is 0 Å². The summed E-state index contributed by atoms with van der Waals surface area (Å²) in [6.45, 7) is 4.28. The van der Waals surface area contributed by atoms with Gasteiger partial charge in [0.05, 0.1) is 0 Å². The van der Waals surface area contributed by atoms with Gasteiger partial charge in [-0.25, -0.2) is 0 Å². The third kappa shape index (κ3) is 2.26. The van der Waals surface area contributed by atoms with Gasteiger partial charge >= 0.3 is 0 Å². The van der Waals surface area contributed by atoms with Crippen molar-refractivity contribution in [3.63, 3.8) is 0 Å². The Morgan fingerprint density at radius 2 is 0.958 bits per heavy atom. The zero-order valence-electron chi connectivity index (χ0n) is 14.7. The molecule has 4 rings (SSSR count). The molecule has 0 saturated heterocycles. The molecule has 0 aliphatic heterocycles. The van der Waals surface area contributed by atoms with Gasteiger partial charge in [0.2, 0.25) is 11.0 Å². The number of fused-ring (bicyclic) bond motifs is 2. The molecule has 2 nitrogen and oxygen atoms in total. The number of nitrogens with zero attached hydrogens (tertiary/aromatic N) is 2. The number of aryl methyl sites for hydroxylation is 4. The molecule has 0 N–H and O–H groups in total. The van der Waals surface area contributed by atoms with Crippen LogP contribution in [-0.2, 0) is 14.1 Å². The van der Waals surface area contributed by atoms with Crippen LogP contribution in [0.1, 0.15) is 11.1 Å². The summed E-state index contributed by atoms with van der Waals surface area (Å²) >= 11 is 0. The van der Waals surface area contributed by atoms with E-state index in [4.69, 9.17) is 0 Å². The molecule has 2 aromatic carbocycles. The fraction of sp³-hybridized carbons (Fsp3) is 0.182. The highest BCUT2D eigenvalue weighted by atomic mass is 15.0. The van der Waals surface area contributed by atoms with Crippen LogP contribution in [0, 0.1) is 13.8 Å². The molecular formula is C22H22N2+2. The molecule has 0 unspecified atom stereocenters. The fourth-order valence-electron chi connectivity index (χ4n) is 3.56. The summed E-state index contributed by atoms with van der Waals surface area (Å²) in [6, 6.07) is 22.1. The van der Waals surface area contributed by atoms with Gasteiger partial charge in [-0.05, 0) is 38.1 Å². The van der Waals surface area contributed by atoms with E-state index in [9.17, 15) is 0 Å². The van der Waals surface area contributed by atoms with Crippen LogP contribution in [0.4, 0.5) is 0 Å². The van der Waals surface area contributed by atoms with E-state index < -0.39 is 0 Å². The first-order chi connectivity index (χ1) is 11.5. The van der Waals surface area contributed by atoms with Gasteiger partial charge in [0.15, 0.2) is 0 Å². The maximum absolute atomic E-state index is 2.28. The van der Waals surface area contributed by atoms with Gasteiger partial charge in [0.25, 0.3) is 11.4 Å². The lowest BCUT2D eigenvalue weighted by molar-refractivity contribution is -0.664. The molecule has 0 spiro atoms. The number of hydrogen-bond acceptors (Lipinski definition) is 0. The molecule has 0 aliphatic rings. The van der Waals surface area contributed by atoms with Crippen LogP contribution in [-0.4, -0.2) is 0 Å². The second kappa shape index (κ2) is 5.41. The van der Waals surface area contributed by atoms with Crippen molar-refractivity contribution in [3.8, 4) is 11.4 Å². The minimum absolute atomic E-state index is 1.22. The predicted octanol–water partition coefficient (Wildman–Crippen LogP) is 3.93. The van der Waals surface area contributed by atoms with E-state index in [2.05, 4.69) is 97.7 Å². The third-order valence-corrected chi connectivity index (χ3v) is 4.92. The molecule has 118 valence electrons. The van der Waals surface area contributed by atoms with Crippen molar-refractivity contribution < 1.29 is 9.13 Å². The van der Waals surface area contributed by atoms with Crippen molar-refractivity contribution >= 4 is 21.8 Å². The average molecular weight is 314 g/mol. The summed E-state index contributed by atoms with van der Waals surface area (Å²) in [4.78, 5) is 0. The lowest BCUT2D eigenvalue weighted by Gasteiger charge is -2.05. The summed E-state index contributed by atoms with van der Waals surface area (Å²) in [5.41, 5.74) is 7.53. The second-order valence-corrected chi connectivity index (χ2v) is 6.68. The molecular weight excluding hydrogens is 292 g/mol. The van der Waals surface area contributed by atoms with E-state index in [0.29, 0.717) is 0 Å². The van der Waals surface area contributed by atoms with Gasteiger partial charge in [-0.3, -0.25) is 0 Å². The summed E-state index contributed by atoms with van der Waals surface area (Å²) < 4.78 is 4.56. The van der Waals surface area contributed by atoms with Crippen LogP contribution in [0.3, 0.4) is 0 Å². The van der Waals surface area contributed by atoms with Gasteiger partial charge in [0, 0.05) is 35.0 Å². The van der Waals surface area contributed by atoms with Crippen molar-refractivity contribution in [2.24, 2.45) is 14.1 Å². The lowest BCUT2D eigenvalue weighted by atomic mass is 10.1. The summed E-state index contributed by atoms with van der Waals surface area (Å²) in [6.07, 6.45) is 0. The van der Waals surface area contributed by atoms with Crippen LogP contribution in [0.25, 0.3) is 33.2 Å². The maximum atomic E-state index is 2.28. The van der Waals surface area contributed by atoms with Gasteiger partial charge < -0.3 is 0 Å². The Hall–Kier alpha value is -2.74. The van der Waals surface area contributed by atoms with E-state index in [0.717, 1.165) is 0 Å². The van der Waals surface area contributed by atoms with Gasteiger partial charge in [0.1, 0.15) is 14.1 Å². The molecule has 0 saturated carbocycles. The predicted molar refractivity (Wildman–Crippen MR) is 98.7 cm³/mol. The Labute approximate surface area is 142 Å². The molecule has 0 fully saturated rings. The summed E-state index contributed by atoms with van der Waals surface area (Å²) in [7, 11) is 4.29. The first-order valence-electron chi connectivity index (χ1n) is 8.34. The van der Waals surface area contributed by atoms with E-state index >= 15 is 0 Å². The van der Waals surface area contributed by atoms with Crippen LogP contribution in [0.15, 0.2) is 60.7 Å². The molecule has 0 bridgehead atoms. The van der Waals surface area contributed by atoms with Crippen molar-refractivity contribution in [1.29, 1.82) is 0 Å². The summed E-state index contributed by atoms with van der Waals surface area (Å²) in [5, 5.41) is 2.56. The number of pyridine rings is 2. The van der Waals surface area contributed by atoms with Crippen LogP contribution in [0.5, 0.6) is 0 Å². The minimum atomic E-state index is 1.22. The molecule has 2 aromatic heterocycles. The second-order valence-electron chi connectivity index (χ2n) is 6.68. The molecule has 0 atom stereocenters. The fourth-order valence-corrected chi connectivity index (χ4v) is 3.56. The average Bonchev–Trinajstić information content (AvgIpc) is 2.56. The Kier molecular flexibility index (Phi) is 3.34. The Morgan fingerprint density at radius 3 is 1.38 bits per heavy atom. The van der Waals surface area contributed by atoms with E-state index in [-0.39, 0.29) is 0 Å². The Balaban J connectivity index is 1.99. The number of rotatable bonds is 1. The smallest absolute Gasteiger partial charge is 0.189 e. The molecule has 0 aliphatic carbocycles. The van der Waals surface area contributed by atoms with E-state index in [1.165, 1.54) is 44.3 Å². The SMILES string of the molecule is Cc1ccc2c(ccc(-c3ccc4cc(C)ccc4[n+]3C)[n+]2C)c1. The molecule has 2 heterocycles. The largest absolute Gasteiger partial charge is 0.277 e. The molecule has 0 radical (unpaired) electrons. The van der Waals surface area contributed by atoms with E-state index in [1.807, 2.05) is 0 Å². The molecule has 24 heavy (non-hydrogen) atoms. The van der Waals surface area contributed by atoms with Crippen molar-refractivity contribution in [2.75, 3.05) is 0 Å². The minimum Gasteiger partial charge on any atom is -0.189 e. The normalized spacial score (nSPS) is 11.3. The summed E-state index contributed by atoms with van der Waals surface area (Å²) in [5.74, 6) is 0. The van der Waals surface area contributed by atoms with Crippen LogP contribution < -0.4 is 9.13 Å². The molecule has 4 aromatic rings. The van der Waals surface area contributed by atoms with E-state index in [1.54, 1.807) is 0 Å². The van der Waals surface area contributed by atoms with Gasteiger partial charge in [-0.15, -0.1) is 0 Å². The lowest BCUT2D eigenvalue weighted by Crippen LogP contribution is -2.39. The van der Waals surface area contributed by atoms with Crippen molar-refractivity contribution in [2.45, 2.75) is 13.8 Å². The van der Waals surface area contributed by atoms with Gasteiger partial charge in [-0.2, -0.15) is 9.13 Å². The molecule has 0 amide bonds. The molecule has 2 heteroatoms. The van der Waals surface area contributed by atoms with Gasteiger partial charge in [-0.1, -0.05) is 23.3 Å². The number of aromatic nitrogens is 2. The maximum Gasteiger partial charge on any atom is 0.277 e. The van der Waals surface area contributed by atoms with Crippen LogP contribution in [0.2, 0.25) is 0 Å². The zero-order valence-corrected chi connectivity index (χ0v) is 14.7. The highest BCUT2D eigenvalue weighted by Crippen LogP contribution is 2.20. The number of benzene rings is 2. The third-order valence-electron chi connectivity index (χ3n) is 4.92. The first-order valence-corrected chi connectivity index (χ1v) is 8.34. The monoisotopic (exact) mass is 314 g/mol. The van der Waals surface area contributed by atoms with Crippen molar-refractivity contribution in [1.82, 2.24) is 0 Å². The highest BCUT2D eigenvalue weighted by molar-refractivity contribution is 5.80. The number of hydrogen-bond donors (Lipinski definition) is 0. The zero-order chi connectivity index (χ0) is 16.8. The topological polar surface area (TPSA) is 7.76 Å². The quantitative estimate of drug-likeness (QED) is 0.470. The first kappa shape index (κ1) is 14.8.